The Balaban J connectivity index is 1.71. The van der Waals surface area contributed by atoms with Gasteiger partial charge in [-0.05, 0) is 75.6 Å². The van der Waals surface area contributed by atoms with Crippen LogP contribution in [0.25, 0.3) is 0 Å². The van der Waals surface area contributed by atoms with Crippen LogP contribution in [0.2, 0.25) is 5.02 Å². The van der Waals surface area contributed by atoms with Gasteiger partial charge in [0.2, 0.25) is 11.8 Å². The lowest BCUT2D eigenvalue weighted by Gasteiger charge is -2.33. The molecule has 0 aliphatic heterocycles. The first-order chi connectivity index (χ1) is 20.6. The maximum atomic E-state index is 14.2. The minimum absolute atomic E-state index is 0.0459. The Kier molecular flexibility index (Phi) is 11.1. The predicted molar refractivity (Wildman–Crippen MR) is 170 cm³/mol. The van der Waals surface area contributed by atoms with Gasteiger partial charge < -0.3 is 15.0 Å². The summed E-state index contributed by atoms with van der Waals surface area (Å²) >= 11 is 6.10. The summed E-state index contributed by atoms with van der Waals surface area (Å²) in [6.07, 6.45) is 5.06. The van der Waals surface area contributed by atoms with Gasteiger partial charge in [-0.2, -0.15) is 0 Å². The molecule has 0 unspecified atom stereocenters. The van der Waals surface area contributed by atoms with Gasteiger partial charge in [-0.3, -0.25) is 13.9 Å². The monoisotopic (exact) mass is 625 g/mol. The standard InChI is InChI=1S/C33H40ClN3O5S/c1-4-42-31-13-9-8-12-30(31)37(43(40,41)29-20-14-24(2)15-21-29)23-32(38)36(22-26-16-18-27(34)19-17-26)25(3)33(39)35-28-10-6-5-7-11-28/h8-9,12-21,25,28H,4-7,10-11,22-23H2,1-3H3,(H,35,39)/t25-/m0/s1. The Morgan fingerprint density at radius 3 is 2.28 bits per heavy atom. The Hall–Kier alpha value is -3.56. The highest BCUT2D eigenvalue weighted by atomic mass is 35.5. The number of halogens is 1. The molecular formula is C33H40ClN3O5S. The summed E-state index contributed by atoms with van der Waals surface area (Å²) in [6, 6.07) is 19.5. The molecule has 1 N–H and O–H groups in total. The van der Waals surface area contributed by atoms with Crippen molar-refractivity contribution in [3.05, 3.63) is 88.9 Å². The van der Waals surface area contributed by atoms with Gasteiger partial charge in [-0.15, -0.1) is 0 Å². The lowest BCUT2D eigenvalue weighted by Crippen LogP contribution is -2.53. The van der Waals surface area contributed by atoms with Crippen LogP contribution in [0.3, 0.4) is 0 Å². The van der Waals surface area contributed by atoms with Crippen LogP contribution in [-0.4, -0.2) is 50.4 Å². The van der Waals surface area contributed by atoms with Crippen molar-refractivity contribution >= 4 is 39.1 Å². The number of aryl methyl sites for hydroxylation is 1. The van der Waals surface area contributed by atoms with E-state index in [9.17, 15) is 18.0 Å². The molecule has 0 aromatic heterocycles. The quantitative estimate of drug-likeness (QED) is 0.262. The second-order valence-electron chi connectivity index (χ2n) is 10.9. The second kappa shape index (κ2) is 14.8. The third-order valence-electron chi connectivity index (χ3n) is 7.71. The SMILES string of the molecule is CCOc1ccccc1N(CC(=O)N(Cc1ccc(Cl)cc1)[C@@H](C)C(=O)NC1CCCCC1)S(=O)(=O)c1ccc(C)cc1. The van der Waals surface area contributed by atoms with Crippen molar-refractivity contribution in [1.82, 2.24) is 10.2 Å². The zero-order chi connectivity index (χ0) is 31.0. The number of carbonyl (C=O) groups is 2. The van der Waals surface area contributed by atoms with Crippen LogP contribution < -0.4 is 14.4 Å². The zero-order valence-electron chi connectivity index (χ0n) is 25.0. The minimum atomic E-state index is -4.20. The molecule has 0 bridgehead atoms. The van der Waals surface area contributed by atoms with Crippen LogP contribution in [0.15, 0.2) is 77.7 Å². The van der Waals surface area contributed by atoms with Gasteiger partial charge in [-0.25, -0.2) is 8.42 Å². The van der Waals surface area contributed by atoms with Crippen LogP contribution in [0.1, 0.15) is 57.1 Å². The van der Waals surface area contributed by atoms with Crippen molar-refractivity contribution < 1.29 is 22.7 Å². The number of anilines is 1. The van der Waals surface area contributed by atoms with E-state index in [0.29, 0.717) is 17.4 Å². The second-order valence-corrected chi connectivity index (χ2v) is 13.2. The zero-order valence-corrected chi connectivity index (χ0v) is 26.5. The molecule has 1 aliphatic carbocycles. The number of hydrogen-bond donors (Lipinski definition) is 1. The molecule has 0 spiro atoms. The highest BCUT2D eigenvalue weighted by Crippen LogP contribution is 2.33. The Morgan fingerprint density at radius 1 is 0.977 bits per heavy atom. The first kappa shape index (κ1) is 32.4. The Bertz CT molecular complexity index is 1490. The smallest absolute Gasteiger partial charge is 0.264 e. The summed E-state index contributed by atoms with van der Waals surface area (Å²) in [5.41, 5.74) is 1.91. The molecule has 43 heavy (non-hydrogen) atoms. The van der Waals surface area contributed by atoms with Gasteiger partial charge in [0.05, 0.1) is 17.2 Å². The van der Waals surface area contributed by atoms with E-state index >= 15 is 0 Å². The predicted octanol–water partition coefficient (Wildman–Crippen LogP) is 6.11. The number of hydrogen-bond acceptors (Lipinski definition) is 5. The van der Waals surface area contributed by atoms with Crippen molar-refractivity contribution in [1.29, 1.82) is 0 Å². The summed E-state index contributed by atoms with van der Waals surface area (Å²) in [5.74, 6) is -0.457. The average molecular weight is 626 g/mol. The van der Waals surface area contributed by atoms with Gasteiger partial charge >= 0.3 is 0 Å². The summed E-state index contributed by atoms with van der Waals surface area (Å²) < 4.78 is 35.1. The number of para-hydroxylation sites is 2. The molecule has 1 fully saturated rings. The van der Waals surface area contributed by atoms with E-state index in [1.54, 1.807) is 74.5 Å². The average Bonchev–Trinajstić information content (AvgIpc) is 3.00. The molecule has 4 rings (SSSR count). The van der Waals surface area contributed by atoms with Gasteiger partial charge in [0.25, 0.3) is 10.0 Å². The number of carbonyl (C=O) groups excluding carboxylic acids is 2. The lowest BCUT2D eigenvalue weighted by atomic mass is 9.95. The molecule has 1 saturated carbocycles. The third kappa shape index (κ3) is 8.30. The fraction of sp³-hybridized carbons (Fsp3) is 0.394. The van der Waals surface area contributed by atoms with Crippen LogP contribution in [0.5, 0.6) is 5.75 Å². The van der Waals surface area contributed by atoms with E-state index < -0.39 is 28.5 Å². The van der Waals surface area contributed by atoms with E-state index in [2.05, 4.69) is 5.32 Å². The van der Waals surface area contributed by atoms with Crippen LogP contribution in [0.4, 0.5) is 5.69 Å². The molecule has 230 valence electrons. The Labute approximate surface area is 260 Å². The van der Waals surface area contributed by atoms with E-state index in [1.165, 1.54) is 17.0 Å². The van der Waals surface area contributed by atoms with Crippen molar-refractivity contribution in [2.45, 2.75) is 76.4 Å². The van der Waals surface area contributed by atoms with Crippen molar-refractivity contribution in [2.75, 3.05) is 17.5 Å². The molecule has 0 saturated heterocycles. The normalized spacial score (nSPS) is 14.5. The maximum absolute atomic E-state index is 14.2. The van der Waals surface area contributed by atoms with Gasteiger partial charge in [0.15, 0.2) is 0 Å². The van der Waals surface area contributed by atoms with Crippen LogP contribution in [0, 0.1) is 6.92 Å². The molecule has 8 nitrogen and oxygen atoms in total. The fourth-order valence-electron chi connectivity index (χ4n) is 5.23. The molecule has 2 amide bonds. The molecule has 0 radical (unpaired) electrons. The number of sulfonamides is 1. The number of ether oxygens (including phenoxy) is 1. The minimum Gasteiger partial charge on any atom is -0.492 e. The summed E-state index contributed by atoms with van der Waals surface area (Å²) in [6.45, 7) is 5.23. The molecule has 3 aromatic rings. The van der Waals surface area contributed by atoms with Crippen molar-refractivity contribution in [3.8, 4) is 5.75 Å². The first-order valence-corrected chi connectivity index (χ1v) is 16.6. The number of rotatable bonds is 12. The van der Waals surface area contributed by atoms with Crippen molar-refractivity contribution in [3.63, 3.8) is 0 Å². The van der Waals surface area contributed by atoms with Gasteiger partial charge in [0.1, 0.15) is 18.3 Å². The first-order valence-electron chi connectivity index (χ1n) is 14.8. The van der Waals surface area contributed by atoms with E-state index in [0.717, 1.165) is 47.5 Å². The summed E-state index contributed by atoms with van der Waals surface area (Å²) in [7, 11) is -4.20. The molecule has 3 aromatic carbocycles. The summed E-state index contributed by atoms with van der Waals surface area (Å²) in [5, 5.41) is 3.66. The molecule has 0 heterocycles. The van der Waals surface area contributed by atoms with E-state index in [4.69, 9.17) is 16.3 Å². The highest BCUT2D eigenvalue weighted by Gasteiger charge is 2.34. The largest absolute Gasteiger partial charge is 0.492 e. The highest BCUT2D eigenvalue weighted by molar-refractivity contribution is 7.92. The fourth-order valence-corrected chi connectivity index (χ4v) is 6.78. The Morgan fingerprint density at radius 2 is 1.63 bits per heavy atom. The number of benzene rings is 3. The van der Waals surface area contributed by atoms with Gasteiger partial charge in [-0.1, -0.05) is 72.8 Å². The maximum Gasteiger partial charge on any atom is 0.264 e. The summed E-state index contributed by atoms with van der Waals surface area (Å²) in [4.78, 5) is 29.2. The van der Waals surface area contributed by atoms with E-state index in [-0.39, 0.29) is 29.1 Å². The number of nitrogens with one attached hydrogen (secondary N) is 1. The molecule has 1 aliphatic rings. The lowest BCUT2D eigenvalue weighted by molar-refractivity contribution is -0.139. The molecule has 10 heteroatoms. The van der Waals surface area contributed by atoms with E-state index in [1.807, 2.05) is 6.92 Å². The van der Waals surface area contributed by atoms with Gasteiger partial charge in [0, 0.05) is 17.6 Å². The van der Waals surface area contributed by atoms with Crippen LogP contribution >= 0.6 is 11.6 Å². The number of nitrogens with zero attached hydrogens (tertiary/aromatic N) is 2. The van der Waals surface area contributed by atoms with Crippen molar-refractivity contribution in [2.24, 2.45) is 0 Å². The topological polar surface area (TPSA) is 96.0 Å². The third-order valence-corrected chi connectivity index (χ3v) is 9.73. The number of amides is 2. The molecule has 1 atom stereocenters. The van der Waals surface area contributed by atoms with Crippen LogP contribution in [-0.2, 0) is 26.2 Å². The molecular weight excluding hydrogens is 586 g/mol.